The fraction of sp³-hybridized carbons (Fsp3) is 0.167. The highest BCUT2D eigenvalue weighted by Gasteiger charge is 2.14. The van der Waals surface area contributed by atoms with Gasteiger partial charge in [-0.2, -0.15) is 0 Å². The van der Waals surface area contributed by atoms with Crippen molar-refractivity contribution in [2.75, 3.05) is 0 Å². The van der Waals surface area contributed by atoms with Gasteiger partial charge in [0.2, 0.25) is 5.91 Å². The summed E-state index contributed by atoms with van der Waals surface area (Å²) in [7, 11) is 0. The lowest BCUT2D eigenvalue weighted by atomic mass is 9.93. The molecule has 3 aromatic rings. The summed E-state index contributed by atoms with van der Waals surface area (Å²) in [5, 5.41) is 7.82. The van der Waals surface area contributed by atoms with Gasteiger partial charge in [-0.05, 0) is 40.1 Å². The summed E-state index contributed by atoms with van der Waals surface area (Å²) in [4.78, 5) is 11.4. The number of nitrogens with one attached hydrogen (secondary N) is 1. The van der Waals surface area contributed by atoms with Gasteiger partial charge in [0.15, 0.2) is 0 Å². The molecule has 1 N–H and O–H groups in total. The van der Waals surface area contributed by atoms with Crippen molar-refractivity contribution >= 4 is 27.5 Å². The lowest BCUT2D eigenvalue weighted by Crippen LogP contribution is -2.24. The van der Waals surface area contributed by atoms with Gasteiger partial charge in [-0.1, -0.05) is 48.5 Å². The lowest BCUT2D eigenvalue weighted by molar-refractivity contribution is -0.119. The van der Waals surface area contributed by atoms with Crippen LogP contribution in [-0.4, -0.2) is 5.91 Å². The molecule has 0 spiro atoms. The van der Waals surface area contributed by atoms with E-state index >= 15 is 0 Å². The van der Waals surface area contributed by atoms with Crippen LogP contribution in [0.2, 0.25) is 0 Å². The number of fused-ring (bicyclic) bond motifs is 2. The third-order valence-electron chi connectivity index (χ3n) is 3.67. The Morgan fingerprint density at radius 2 is 1.45 bits per heavy atom. The van der Waals surface area contributed by atoms with E-state index in [-0.39, 0.29) is 11.9 Å². The number of hydrogen-bond acceptors (Lipinski definition) is 1. The van der Waals surface area contributed by atoms with Gasteiger partial charge in [0.1, 0.15) is 0 Å². The Labute approximate surface area is 118 Å². The van der Waals surface area contributed by atoms with Gasteiger partial charge in [-0.15, -0.1) is 0 Å². The largest absolute Gasteiger partial charge is 0.350 e. The standard InChI is InChI=1S/C18H17NO/c1-12(19-13(2)20)18-16-9-5-3-7-14(16)11-15-8-4-6-10-17(15)18/h3-12H,1-2H3,(H,19,20). The number of rotatable bonds is 2. The highest BCUT2D eigenvalue weighted by molar-refractivity contribution is 6.02. The van der Waals surface area contributed by atoms with Crippen LogP contribution < -0.4 is 5.32 Å². The van der Waals surface area contributed by atoms with Gasteiger partial charge in [0.25, 0.3) is 0 Å². The maximum absolute atomic E-state index is 11.4. The Morgan fingerprint density at radius 3 is 1.95 bits per heavy atom. The SMILES string of the molecule is CC(=O)NC(C)c1c2ccccc2cc2ccccc12. The summed E-state index contributed by atoms with van der Waals surface area (Å²) < 4.78 is 0. The van der Waals surface area contributed by atoms with E-state index in [2.05, 4.69) is 35.6 Å². The van der Waals surface area contributed by atoms with E-state index in [0.29, 0.717) is 0 Å². The topological polar surface area (TPSA) is 29.1 Å². The molecule has 0 aliphatic rings. The quantitative estimate of drug-likeness (QED) is 0.690. The maximum atomic E-state index is 11.4. The first-order chi connectivity index (χ1) is 9.66. The molecule has 0 saturated carbocycles. The molecule has 3 rings (SSSR count). The maximum Gasteiger partial charge on any atom is 0.217 e. The summed E-state index contributed by atoms with van der Waals surface area (Å²) in [6, 6.07) is 18.8. The monoisotopic (exact) mass is 263 g/mol. The first-order valence-electron chi connectivity index (χ1n) is 6.84. The molecule has 0 aliphatic heterocycles. The summed E-state index contributed by atoms with van der Waals surface area (Å²) in [6.45, 7) is 3.60. The minimum absolute atomic E-state index is 0.00508. The normalized spacial score (nSPS) is 12.5. The van der Waals surface area contributed by atoms with Crippen LogP contribution in [0.15, 0.2) is 54.6 Å². The third-order valence-corrected chi connectivity index (χ3v) is 3.67. The molecule has 20 heavy (non-hydrogen) atoms. The molecule has 3 aromatic carbocycles. The van der Waals surface area contributed by atoms with E-state index in [4.69, 9.17) is 0 Å². The molecule has 0 bridgehead atoms. The minimum Gasteiger partial charge on any atom is -0.350 e. The molecule has 2 heteroatoms. The first kappa shape index (κ1) is 12.7. The number of carbonyl (C=O) groups is 1. The van der Waals surface area contributed by atoms with Gasteiger partial charge < -0.3 is 5.32 Å². The third kappa shape index (κ3) is 2.14. The van der Waals surface area contributed by atoms with E-state index in [0.717, 1.165) is 0 Å². The number of carbonyl (C=O) groups excluding carboxylic acids is 1. The van der Waals surface area contributed by atoms with Crippen LogP contribution in [0.1, 0.15) is 25.5 Å². The van der Waals surface area contributed by atoms with Crippen molar-refractivity contribution in [1.29, 1.82) is 0 Å². The molecule has 100 valence electrons. The highest BCUT2D eigenvalue weighted by atomic mass is 16.1. The number of benzene rings is 3. The predicted molar refractivity (Wildman–Crippen MR) is 83.7 cm³/mol. The molecule has 1 unspecified atom stereocenters. The van der Waals surface area contributed by atoms with Crippen molar-refractivity contribution in [2.45, 2.75) is 19.9 Å². The van der Waals surface area contributed by atoms with Gasteiger partial charge in [0.05, 0.1) is 6.04 Å². The first-order valence-corrected chi connectivity index (χ1v) is 6.84. The van der Waals surface area contributed by atoms with E-state index in [1.54, 1.807) is 6.92 Å². The summed E-state index contributed by atoms with van der Waals surface area (Å²) in [6.07, 6.45) is 0. The Hall–Kier alpha value is -2.35. The van der Waals surface area contributed by atoms with Crippen molar-refractivity contribution in [2.24, 2.45) is 0 Å². The Morgan fingerprint density at radius 1 is 0.950 bits per heavy atom. The smallest absolute Gasteiger partial charge is 0.217 e. The van der Waals surface area contributed by atoms with E-state index in [1.807, 2.05) is 31.2 Å². The van der Waals surface area contributed by atoms with Crippen LogP contribution >= 0.6 is 0 Å². The second-order valence-electron chi connectivity index (χ2n) is 5.15. The van der Waals surface area contributed by atoms with Crippen LogP contribution in [-0.2, 0) is 4.79 Å². The second kappa shape index (κ2) is 4.97. The molecule has 1 atom stereocenters. The summed E-state index contributed by atoms with van der Waals surface area (Å²) >= 11 is 0. The van der Waals surface area contributed by atoms with Gasteiger partial charge in [0, 0.05) is 6.92 Å². The average molecular weight is 263 g/mol. The molecule has 0 fully saturated rings. The van der Waals surface area contributed by atoms with Crippen LogP contribution in [0.5, 0.6) is 0 Å². The van der Waals surface area contributed by atoms with Crippen LogP contribution in [0.25, 0.3) is 21.5 Å². The average Bonchev–Trinajstić information content (AvgIpc) is 2.43. The zero-order valence-corrected chi connectivity index (χ0v) is 11.7. The van der Waals surface area contributed by atoms with Crippen LogP contribution in [0.4, 0.5) is 0 Å². The second-order valence-corrected chi connectivity index (χ2v) is 5.15. The zero-order chi connectivity index (χ0) is 14.1. The minimum atomic E-state index is -0.0106. The molecular formula is C18H17NO. The van der Waals surface area contributed by atoms with E-state index in [9.17, 15) is 4.79 Å². The fourth-order valence-electron chi connectivity index (χ4n) is 2.89. The predicted octanol–water partition coefficient (Wildman–Crippen LogP) is 4.19. The molecule has 0 aliphatic carbocycles. The van der Waals surface area contributed by atoms with E-state index in [1.165, 1.54) is 27.1 Å². The Balaban J connectivity index is 2.35. The van der Waals surface area contributed by atoms with Crippen LogP contribution in [0, 0.1) is 0 Å². The van der Waals surface area contributed by atoms with Gasteiger partial charge in [-0.25, -0.2) is 0 Å². The van der Waals surface area contributed by atoms with Crippen LogP contribution in [0.3, 0.4) is 0 Å². The summed E-state index contributed by atoms with van der Waals surface area (Å²) in [5.74, 6) is -0.00508. The van der Waals surface area contributed by atoms with Crippen molar-refractivity contribution < 1.29 is 4.79 Å². The molecule has 0 aromatic heterocycles. The summed E-state index contributed by atoms with van der Waals surface area (Å²) in [5.41, 5.74) is 1.19. The van der Waals surface area contributed by atoms with Gasteiger partial charge in [-0.3, -0.25) is 4.79 Å². The molecule has 1 amide bonds. The molecule has 0 heterocycles. The van der Waals surface area contributed by atoms with Crippen molar-refractivity contribution in [3.05, 3.63) is 60.2 Å². The van der Waals surface area contributed by atoms with E-state index < -0.39 is 0 Å². The van der Waals surface area contributed by atoms with Crippen molar-refractivity contribution in [3.8, 4) is 0 Å². The molecule has 2 nitrogen and oxygen atoms in total. The van der Waals surface area contributed by atoms with Gasteiger partial charge >= 0.3 is 0 Å². The highest BCUT2D eigenvalue weighted by Crippen LogP contribution is 2.32. The Bertz CT molecular complexity index is 738. The molecule has 0 saturated heterocycles. The Kier molecular flexibility index (Phi) is 3.15. The molecular weight excluding hydrogens is 246 g/mol. The van der Waals surface area contributed by atoms with Crippen molar-refractivity contribution in [3.63, 3.8) is 0 Å². The number of amides is 1. The molecule has 0 radical (unpaired) electrons. The zero-order valence-electron chi connectivity index (χ0n) is 11.7. The van der Waals surface area contributed by atoms with Crippen molar-refractivity contribution in [1.82, 2.24) is 5.32 Å². The number of hydrogen-bond donors (Lipinski definition) is 1. The fourth-order valence-corrected chi connectivity index (χ4v) is 2.89. The lowest BCUT2D eigenvalue weighted by Gasteiger charge is -2.18.